The molecule has 0 atom stereocenters. The van der Waals surface area contributed by atoms with Gasteiger partial charge < -0.3 is 15.4 Å². The van der Waals surface area contributed by atoms with Crippen molar-refractivity contribution in [1.82, 2.24) is 10.6 Å². The largest absolute Gasteiger partial charge is 0.460 e. The first-order chi connectivity index (χ1) is 7.47. The van der Waals surface area contributed by atoms with E-state index in [1.165, 1.54) is 0 Å². The Morgan fingerprint density at radius 1 is 1.53 bits per heavy atom. The number of esters is 1. The van der Waals surface area contributed by atoms with Crippen LogP contribution < -0.4 is 10.6 Å². The van der Waals surface area contributed by atoms with E-state index in [9.17, 15) is 4.79 Å². The van der Waals surface area contributed by atoms with Gasteiger partial charge in [0.2, 0.25) is 0 Å². The van der Waals surface area contributed by atoms with Gasteiger partial charge in [-0.1, -0.05) is 0 Å². The summed E-state index contributed by atoms with van der Waals surface area (Å²) >= 11 is 0. The lowest BCUT2D eigenvalue weighted by atomic mass is 10.2. The number of nitrogens with zero attached hydrogens (tertiary/aromatic N) is 1. The number of halogens is 1. The minimum Gasteiger partial charge on any atom is -0.460 e. The highest BCUT2D eigenvalue weighted by atomic mass is 127. The third-order valence-corrected chi connectivity index (χ3v) is 1.94. The molecule has 100 valence electrons. The van der Waals surface area contributed by atoms with Crippen molar-refractivity contribution in [3.8, 4) is 0 Å². The smallest absolute Gasteiger partial charge is 0.308 e. The molecule has 1 heterocycles. The molecule has 0 amide bonds. The van der Waals surface area contributed by atoms with Crippen LogP contribution in [0.25, 0.3) is 0 Å². The molecule has 0 radical (unpaired) electrons. The molecule has 0 aromatic carbocycles. The quantitative estimate of drug-likeness (QED) is 0.591. The molecule has 0 unspecified atom stereocenters. The van der Waals surface area contributed by atoms with Crippen molar-refractivity contribution in [2.75, 3.05) is 19.6 Å². The Labute approximate surface area is 120 Å². The first-order valence-electron chi connectivity index (χ1n) is 5.71. The maximum absolute atomic E-state index is 11.4. The van der Waals surface area contributed by atoms with Gasteiger partial charge >= 0.3 is 5.97 Å². The summed E-state index contributed by atoms with van der Waals surface area (Å²) in [5.74, 6) is 0.603. The Morgan fingerprint density at radius 2 is 2.24 bits per heavy atom. The average molecular weight is 355 g/mol. The molecule has 1 aliphatic rings. The van der Waals surface area contributed by atoms with E-state index in [1.54, 1.807) is 0 Å². The fraction of sp³-hybridized carbons (Fsp3) is 0.818. The average Bonchev–Trinajstić information content (AvgIpc) is 2.16. The molecule has 2 N–H and O–H groups in total. The number of rotatable bonds is 3. The number of hydrogen-bond donors (Lipinski definition) is 2. The molecular formula is C11H22IN3O2. The Hall–Kier alpha value is -0.530. The zero-order valence-corrected chi connectivity index (χ0v) is 13.0. The van der Waals surface area contributed by atoms with Crippen molar-refractivity contribution in [3.05, 3.63) is 0 Å². The molecule has 0 saturated heterocycles. The minimum absolute atomic E-state index is 0. The molecule has 0 spiro atoms. The van der Waals surface area contributed by atoms with Crippen molar-refractivity contribution in [1.29, 1.82) is 0 Å². The second kappa shape index (κ2) is 7.73. The third-order valence-electron chi connectivity index (χ3n) is 1.94. The van der Waals surface area contributed by atoms with Crippen molar-refractivity contribution < 1.29 is 9.53 Å². The van der Waals surface area contributed by atoms with Gasteiger partial charge in [-0.2, -0.15) is 0 Å². The van der Waals surface area contributed by atoms with E-state index in [0.29, 0.717) is 13.0 Å². The van der Waals surface area contributed by atoms with Gasteiger partial charge in [0, 0.05) is 19.6 Å². The van der Waals surface area contributed by atoms with E-state index in [1.807, 2.05) is 20.8 Å². The number of carbonyl (C=O) groups is 1. The summed E-state index contributed by atoms with van der Waals surface area (Å²) in [7, 11) is 0. The van der Waals surface area contributed by atoms with Crippen LogP contribution in [0.1, 0.15) is 33.6 Å². The van der Waals surface area contributed by atoms with Crippen molar-refractivity contribution in [2.45, 2.75) is 39.2 Å². The summed E-state index contributed by atoms with van der Waals surface area (Å²) in [4.78, 5) is 15.6. The molecule has 0 aromatic heterocycles. The highest BCUT2D eigenvalue weighted by Crippen LogP contribution is 2.07. The summed E-state index contributed by atoms with van der Waals surface area (Å²) in [6.07, 6.45) is 1.43. The van der Waals surface area contributed by atoms with Crippen LogP contribution in [0.15, 0.2) is 4.99 Å². The molecule has 1 rings (SSSR count). The van der Waals surface area contributed by atoms with Gasteiger partial charge in [0.05, 0.1) is 6.42 Å². The number of carbonyl (C=O) groups excluding carboxylic acids is 1. The summed E-state index contributed by atoms with van der Waals surface area (Å²) in [5, 5.41) is 6.20. The topological polar surface area (TPSA) is 62.7 Å². The zero-order valence-electron chi connectivity index (χ0n) is 10.7. The molecule has 0 aromatic rings. The fourth-order valence-corrected chi connectivity index (χ4v) is 1.33. The lowest BCUT2D eigenvalue weighted by Crippen LogP contribution is -2.41. The Kier molecular flexibility index (Phi) is 7.49. The van der Waals surface area contributed by atoms with Crippen LogP contribution in [-0.4, -0.2) is 37.2 Å². The number of aliphatic imine (C=N–C) groups is 1. The van der Waals surface area contributed by atoms with Crippen LogP contribution >= 0.6 is 24.0 Å². The number of hydrogen-bond acceptors (Lipinski definition) is 5. The highest BCUT2D eigenvalue weighted by Gasteiger charge is 2.15. The zero-order chi connectivity index (χ0) is 12.0. The second-order valence-electron chi connectivity index (χ2n) is 4.77. The van der Waals surface area contributed by atoms with Gasteiger partial charge in [-0.05, 0) is 27.2 Å². The molecule has 17 heavy (non-hydrogen) atoms. The Bertz CT molecular complexity index is 274. The molecule has 0 fully saturated rings. The van der Waals surface area contributed by atoms with E-state index in [0.717, 1.165) is 25.5 Å². The van der Waals surface area contributed by atoms with E-state index in [2.05, 4.69) is 15.6 Å². The summed E-state index contributed by atoms with van der Waals surface area (Å²) in [5.41, 5.74) is -0.405. The van der Waals surface area contributed by atoms with Crippen LogP contribution in [0.4, 0.5) is 0 Å². The predicted octanol–water partition coefficient (Wildman–Crippen LogP) is 1.28. The third kappa shape index (κ3) is 8.23. The van der Waals surface area contributed by atoms with Crippen molar-refractivity contribution in [3.63, 3.8) is 0 Å². The lowest BCUT2D eigenvalue weighted by Gasteiger charge is -2.20. The molecule has 5 nitrogen and oxygen atoms in total. The first kappa shape index (κ1) is 16.5. The lowest BCUT2D eigenvalue weighted by molar-refractivity contribution is -0.154. The van der Waals surface area contributed by atoms with Crippen LogP contribution in [0, 0.1) is 0 Å². The van der Waals surface area contributed by atoms with E-state index < -0.39 is 5.60 Å². The molecule has 1 aliphatic heterocycles. The van der Waals surface area contributed by atoms with Crippen molar-refractivity contribution >= 4 is 35.9 Å². The fourth-order valence-electron chi connectivity index (χ4n) is 1.33. The molecule has 0 saturated carbocycles. The van der Waals surface area contributed by atoms with Crippen LogP contribution in [-0.2, 0) is 9.53 Å². The molecule has 6 heteroatoms. The summed E-state index contributed by atoms with van der Waals surface area (Å²) < 4.78 is 5.19. The van der Waals surface area contributed by atoms with Gasteiger partial charge in [-0.3, -0.25) is 9.79 Å². The van der Waals surface area contributed by atoms with E-state index in [4.69, 9.17) is 4.74 Å². The van der Waals surface area contributed by atoms with Gasteiger partial charge in [0.1, 0.15) is 5.60 Å². The van der Waals surface area contributed by atoms with Gasteiger partial charge in [0.15, 0.2) is 5.96 Å². The predicted molar refractivity (Wildman–Crippen MR) is 78.8 cm³/mol. The minimum atomic E-state index is -0.405. The standard InChI is InChI=1S/C11H21N3O2.HI/c1-11(2,3)16-9(15)5-8-14-10-12-6-4-7-13-10;/h4-8H2,1-3H3,(H2,12,13,14);1H. The van der Waals surface area contributed by atoms with Crippen LogP contribution in [0.2, 0.25) is 0 Å². The number of nitrogens with one attached hydrogen (secondary N) is 2. The monoisotopic (exact) mass is 355 g/mol. The van der Waals surface area contributed by atoms with Gasteiger partial charge in [-0.25, -0.2) is 0 Å². The maximum atomic E-state index is 11.4. The normalized spacial score (nSPS) is 15.1. The molecule has 0 aliphatic carbocycles. The molecule has 0 bridgehead atoms. The molecular weight excluding hydrogens is 333 g/mol. The summed E-state index contributed by atoms with van der Waals surface area (Å²) in [6.45, 7) is 7.95. The maximum Gasteiger partial charge on any atom is 0.308 e. The second-order valence-corrected chi connectivity index (χ2v) is 4.77. The highest BCUT2D eigenvalue weighted by molar-refractivity contribution is 14.0. The van der Waals surface area contributed by atoms with Gasteiger partial charge in [-0.15, -0.1) is 24.0 Å². The summed E-state index contributed by atoms with van der Waals surface area (Å²) in [6, 6.07) is 0. The van der Waals surface area contributed by atoms with Crippen LogP contribution in [0.5, 0.6) is 0 Å². The van der Waals surface area contributed by atoms with E-state index in [-0.39, 0.29) is 29.9 Å². The van der Waals surface area contributed by atoms with Crippen molar-refractivity contribution in [2.24, 2.45) is 4.99 Å². The SMILES string of the molecule is CC(C)(C)OC(=O)CCNC1=NCCCN1.I. The number of ether oxygens (including phenoxy) is 1. The Morgan fingerprint density at radius 3 is 2.76 bits per heavy atom. The van der Waals surface area contributed by atoms with Crippen LogP contribution in [0.3, 0.4) is 0 Å². The first-order valence-corrected chi connectivity index (χ1v) is 5.71. The number of guanidine groups is 1. The van der Waals surface area contributed by atoms with E-state index >= 15 is 0 Å². The Balaban J connectivity index is 0.00000256. The van der Waals surface area contributed by atoms with Gasteiger partial charge in [0.25, 0.3) is 0 Å².